The molecule has 2 aliphatic rings. The van der Waals surface area contributed by atoms with Gasteiger partial charge in [-0.25, -0.2) is 4.79 Å². The number of allylic oxidation sites excluding steroid dienone is 1. The maximum atomic E-state index is 12.7. The summed E-state index contributed by atoms with van der Waals surface area (Å²) in [6, 6.07) is 7.93. The predicted molar refractivity (Wildman–Crippen MR) is 88.1 cm³/mol. The molecule has 0 bridgehead atoms. The lowest BCUT2D eigenvalue weighted by Crippen LogP contribution is -2.55. The number of aryl methyl sites for hydroxylation is 1. The molecule has 2 aliphatic heterocycles. The predicted octanol–water partition coefficient (Wildman–Crippen LogP) is 2.95. The lowest BCUT2D eigenvalue weighted by molar-refractivity contribution is -0.454. The fourth-order valence-corrected chi connectivity index (χ4v) is 3.80. The van der Waals surface area contributed by atoms with Crippen molar-refractivity contribution in [2.75, 3.05) is 6.54 Å². The van der Waals surface area contributed by atoms with Crippen molar-refractivity contribution in [1.29, 1.82) is 0 Å². The Hall–Kier alpha value is -1.88. The van der Waals surface area contributed by atoms with Crippen LogP contribution in [0.2, 0.25) is 0 Å². The smallest absolute Gasteiger partial charge is 0.245 e. The molecule has 0 saturated carbocycles. The summed E-state index contributed by atoms with van der Waals surface area (Å²) < 4.78 is 1.74. The summed E-state index contributed by atoms with van der Waals surface area (Å²) in [7, 11) is 0. The number of rotatable bonds is 4. The summed E-state index contributed by atoms with van der Waals surface area (Å²) >= 11 is 1.48. The number of nitrogens with zero attached hydrogens (tertiary/aromatic N) is 2. The molecule has 0 saturated heterocycles. The average molecular weight is 315 g/mol. The third kappa shape index (κ3) is 2.61. The van der Waals surface area contributed by atoms with Gasteiger partial charge in [-0.15, -0.1) is 11.8 Å². The van der Waals surface area contributed by atoms with Crippen LogP contribution < -0.4 is 0 Å². The highest BCUT2D eigenvalue weighted by molar-refractivity contribution is 8.04. The monoisotopic (exact) mass is 315 g/mol. The van der Waals surface area contributed by atoms with Gasteiger partial charge in [-0.2, -0.15) is 14.3 Å². The fraction of sp³-hybridized carbons (Fsp3) is 0.353. The van der Waals surface area contributed by atoms with Crippen molar-refractivity contribution in [3.05, 3.63) is 46.9 Å². The molecule has 0 aromatic heterocycles. The van der Waals surface area contributed by atoms with Crippen LogP contribution in [0.5, 0.6) is 0 Å². The standard InChI is InChI=1S/C17H19N2O2S/c1-3-8-18-16(20)15-14(7-9-22-15)19(17(18)21)11-13-6-4-5-12(2)10-13/h4-7,9-10,15H,3,8,11H2,1-2H3/q+1. The molecule has 5 heteroatoms. The lowest BCUT2D eigenvalue weighted by Gasteiger charge is -2.24. The second kappa shape index (κ2) is 6.08. The average Bonchev–Trinajstić information content (AvgIpc) is 2.98. The molecule has 0 fully saturated rings. The van der Waals surface area contributed by atoms with Gasteiger partial charge in [-0.1, -0.05) is 36.8 Å². The summed E-state index contributed by atoms with van der Waals surface area (Å²) in [6.07, 6.45) is 2.67. The van der Waals surface area contributed by atoms with E-state index in [4.69, 9.17) is 0 Å². The van der Waals surface area contributed by atoms with Gasteiger partial charge in [0.25, 0.3) is 0 Å². The van der Waals surface area contributed by atoms with E-state index in [1.165, 1.54) is 22.2 Å². The van der Waals surface area contributed by atoms with Crippen LogP contribution >= 0.6 is 11.8 Å². The van der Waals surface area contributed by atoms with Gasteiger partial charge in [0.05, 0.1) is 6.54 Å². The van der Waals surface area contributed by atoms with Gasteiger partial charge in [0.2, 0.25) is 0 Å². The van der Waals surface area contributed by atoms with Crippen molar-refractivity contribution in [3.8, 4) is 0 Å². The molecule has 114 valence electrons. The second-order valence-corrected chi connectivity index (χ2v) is 6.61. The van der Waals surface area contributed by atoms with Crippen LogP contribution in [0.25, 0.3) is 0 Å². The molecule has 0 aliphatic carbocycles. The highest BCUT2D eigenvalue weighted by Crippen LogP contribution is 2.28. The Morgan fingerprint density at radius 3 is 2.86 bits per heavy atom. The summed E-state index contributed by atoms with van der Waals surface area (Å²) in [5.74, 6) is -0.0858. The number of hydrogen-bond acceptors (Lipinski definition) is 3. The molecule has 1 unspecified atom stereocenters. The van der Waals surface area contributed by atoms with Crippen molar-refractivity contribution >= 4 is 29.4 Å². The number of thioether (sulfide) groups is 1. The van der Waals surface area contributed by atoms with E-state index in [0.29, 0.717) is 13.1 Å². The summed E-state index contributed by atoms with van der Waals surface area (Å²) in [6.45, 7) is 5.00. The number of amides is 3. The van der Waals surface area contributed by atoms with Crippen molar-refractivity contribution in [3.63, 3.8) is 0 Å². The van der Waals surface area contributed by atoms with Crippen LogP contribution in [0.3, 0.4) is 0 Å². The maximum absolute atomic E-state index is 12.7. The van der Waals surface area contributed by atoms with Gasteiger partial charge in [-0.3, -0.25) is 0 Å². The fourth-order valence-electron chi connectivity index (χ4n) is 2.83. The van der Waals surface area contributed by atoms with Crippen LogP contribution in [-0.2, 0) is 11.3 Å². The largest absolute Gasteiger partial charge is 0.501 e. The van der Waals surface area contributed by atoms with E-state index in [1.807, 2.05) is 43.5 Å². The molecule has 22 heavy (non-hydrogen) atoms. The molecule has 1 aromatic rings. The van der Waals surface area contributed by atoms with E-state index < -0.39 is 0 Å². The zero-order valence-corrected chi connectivity index (χ0v) is 13.6. The van der Waals surface area contributed by atoms with Crippen LogP contribution in [0.15, 0.2) is 35.7 Å². The van der Waals surface area contributed by atoms with E-state index >= 15 is 0 Å². The minimum absolute atomic E-state index is 0.0858. The topological polar surface area (TPSA) is 40.4 Å². The van der Waals surface area contributed by atoms with E-state index in [0.717, 1.165) is 17.7 Å². The number of fused-ring (bicyclic) bond motifs is 1. The first-order valence-electron chi connectivity index (χ1n) is 7.49. The van der Waals surface area contributed by atoms with Crippen molar-refractivity contribution in [1.82, 2.24) is 4.90 Å². The number of urea groups is 1. The number of carbonyl (C=O) groups is 2. The zero-order chi connectivity index (χ0) is 15.7. The maximum Gasteiger partial charge on any atom is 0.501 e. The summed E-state index contributed by atoms with van der Waals surface area (Å²) in [5.41, 5.74) is 3.06. The number of carbonyl (C=O) groups excluding carboxylic acids is 2. The van der Waals surface area contributed by atoms with Gasteiger partial charge in [0, 0.05) is 0 Å². The minimum atomic E-state index is -0.269. The Balaban J connectivity index is 1.99. The Morgan fingerprint density at radius 1 is 1.32 bits per heavy atom. The van der Waals surface area contributed by atoms with E-state index in [1.54, 1.807) is 4.58 Å². The molecule has 0 spiro atoms. The summed E-state index contributed by atoms with van der Waals surface area (Å²) in [4.78, 5) is 26.6. The van der Waals surface area contributed by atoms with Crippen molar-refractivity contribution in [2.24, 2.45) is 0 Å². The third-order valence-corrected chi connectivity index (χ3v) is 4.86. The lowest BCUT2D eigenvalue weighted by atomic mass is 10.1. The first-order valence-corrected chi connectivity index (χ1v) is 8.43. The molecular weight excluding hydrogens is 296 g/mol. The van der Waals surface area contributed by atoms with Crippen molar-refractivity contribution in [2.45, 2.75) is 32.1 Å². The molecule has 3 amide bonds. The molecule has 4 nitrogen and oxygen atoms in total. The molecular formula is C17H19N2O2S+. The number of hydrogen-bond donors (Lipinski definition) is 0. The zero-order valence-electron chi connectivity index (χ0n) is 12.8. The van der Waals surface area contributed by atoms with Gasteiger partial charge in [-0.05, 0) is 30.4 Å². The van der Waals surface area contributed by atoms with Gasteiger partial charge >= 0.3 is 11.9 Å². The Bertz CT molecular complexity index is 694. The Kier molecular flexibility index (Phi) is 4.16. The first kappa shape index (κ1) is 15.0. The van der Waals surface area contributed by atoms with Crippen LogP contribution in [-0.4, -0.2) is 38.9 Å². The van der Waals surface area contributed by atoms with Gasteiger partial charge < -0.3 is 0 Å². The van der Waals surface area contributed by atoms with Crippen LogP contribution in [0.1, 0.15) is 24.5 Å². The quantitative estimate of drug-likeness (QED) is 0.802. The van der Waals surface area contributed by atoms with Crippen LogP contribution in [0.4, 0.5) is 4.79 Å². The highest BCUT2D eigenvalue weighted by atomic mass is 32.2. The number of imide groups is 1. The molecule has 3 rings (SSSR count). The molecule has 1 aromatic carbocycles. The molecule has 1 atom stereocenters. The first-order chi connectivity index (χ1) is 10.6. The van der Waals surface area contributed by atoms with Crippen LogP contribution in [0, 0.1) is 6.92 Å². The van der Waals surface area contributed by atoms with Crippen molar-refractivity contribution < 1.29 is 14.2 Å². The Morgan fingerprint density at radius 2 is 2.14 bits per heavy atom. The van der Waals surface area contributed by atoms with Gasteiger partial charge in [0.1, 0.15) is 12.3 Å². The minimum Gasteiger partial charge on any atom is -0.245 e. The van der Waals surface area contributed by atoms with E-state index in [9.17, 15) is 9.59 Å². The second-order valence-electron chi connectivity index (χ2n) is 5.59. The SMILES string of the molecule is CCCN1C(=O)C2SC=CC2=[N+](Cc2cccc(C)c2)C1=O. The highest BCUT2D eigenvalue weighted by Gasteiger charge is 2.48. The Labute approximate surface area is 134 Å². The van der Waals surface area contributed by atoms with E-state index in [2.05, 4.69) is 6.07 Å². The number of benzene rings is 1. The molecule has 0 N–H and O–H groups in total. The third-order valence-electron chi connectivity index (χ3n) is 3.86. The molecule has 2 heterocycles. The van der Waals surface area contributed by atoms with E-state index in [-0.39, 0.29) is 17.2 Å². The molecule has 0 radical (unpaired) electrons. The van der Waals surface area contributed by atoms with Gasteiger partial charge in [0.15, 0.2) is 5.25 Å². The normalized spacial score (nSPS) is 20.8. The summed E-state index contributed by atoms with van der Waals surface area (Å²) in [5, 5.41) is 1.64.